The summed E-state index contributed by atoms with van der Waals surface area (Å²) in [4.78, 5) is 11.4. The SMILES string of the molecule is COc1ccc(F)c(-c2ccc(COc3cccc([C@H](CC(=O)O)C4CC4)c3)cc2[C@H]2CCCCC2(C)C)c1. The summed E-state index contributed by atoms with van der Waals surface area (Å²) in [5, 5.41) is 9.40. The number of methoxy groups -OCH3 is 1. The van der Waals surface area contributed by atoms with Gasteiger partial charge >= 0.3 is 5.97 Å². The highest BCUT2D eigenvalue weighted by Crippen LogP contribution is 2.50. The summed E-state index contributed by atoms with van der Waals surface area (Å²) in [5.74, 6) is 1.16. The Balaban J connectivity index is 1.44. The van der Waals surface area contributed by atoms with Gasteiger partial charge in [0.1, 0.15) is 23.9 Å². The van der Waals surface area contributed by atoms with Crippen LogP contribution in [0.5, 0.6) is 11.5 Å². The summed E-state index contributed by atoms with van der Waals surface area (Å²) in [6, 6.07) is 19.1. The van der Waals surface area contributed by atoms with Gasteiger partial charge in [0.05, 0.1) is 13.5 Å². The smallest absolute Gasteiger partial charge is 0.303 e. The summed E-state index contributed by atoms with van der Waals surface area (Å²) in [6.07, 6.45) is 6.92. The van der Waals surface area contributed by atoms with Gasteiger partial charge in [-0.1, -0.05) is 57.0 Å². The molecule has 0 radical (unpaired) electrons. The van der Waals surface area contributed by atoms with Gasteiger partial charge in [-0.25, -0.2) is 4.39 Å². The van der Waals surface area contributed by atoms with Gasteiger partial charge in [-0.15, -0.1) is 0 Å². The topological polar surface area (TPSA) is 55.8 Å². The normalized spacial score (nSPS) is 19.3. The minimum absolute atomic E-state index is 0.0308. The molecule has 2 saturated carbocycles. The van der Waals surface area contributed by atoms with E-state index in [1.807, 2.05) is 36.4 Å². The zero-order valence-electron chi connectivity index (χ0n) is 23.2. The predicted molar refractivity (Wildman–Crippen MR) is 152 cm³/mol. The van der Waals surface area contributed by atoms with Crippen LogP contribution in [-0.4, -0.2) is 18.2 Å². The Hall–Kier alpha value is -3.34. The van der Waals surface area contributed by atoms with Crippen LogP contribution in [0.1, 0.15) is 87.3 Å². The van der Waals surface area contributed by atoms with Crippen LogP contribution in [0.15, 0.2) is 60.7 Å². The van der Waals surface area contributed by atoms with Gasteiger partial charge in [-0.3, -0.25) is 4.79 Å². The van der Waals surface area contributed by atoms with Crippen molar-refractivity contribution >= 4 is 5.97 Å². The van der Waals surface area contributed by atoms with Crippen molar-refractivity contribution in [2.45, 2.75) is 77.2 Å². The number of aliphatic carboxylic acids is 1. The fourth-order valence-corrected chi connectivity index (χ4v) is 6.39. The molecule has 0 amide bonds. The van der Waals surface area contributed by atoms with Crippen molar-refractivity contribution in [2.24, 2.45) is 11.3 Å². The lowest BCUT2D eigenvalue weighted by molar-refractivity contribution is -0.137. The first-order valence-electron chi connectivity index (χ1n) is 14.2. The van der Waals surface area contributed by atoms with E-state index in [9.17, 15) is 9.90 Å². The quantitative estimate of drug-likeness (QED) is 0.285. The summed E-state index contributed by atoms with van der Waals surface area (Å²) in [7, 11) is 1.60. The molecule has 39 heavy (non-hydrogen) atoms. The van der Waals surface area contributed by atoms with E-state index in [0.29, 0.717) is 29.8 Å². The van der Waals surface area contributed by atoms with Crippen LogP contribution in [0.25, 0.3) is 11.1 Å². The van der Waals surface area contributed by atoms with Crippen molar-refractivity contribution in [2.75, 3.05) is 7.11 Å². The molecule has 2 atom stereocenters. The van der Waals surface area contributed by atoms with Gasteiger partial charge in [0.2, 0.25) is 0 Å². The Bertz CT molecular complexity index is 1330. The number of benzene rings is 3. The van der Waals surface area contributed by atoms with Crippen LogP contribution in [0.2, 0.25) is 0 Å². The number of rotatable bonds is 10. The largest absolute Gasteiger partial charge is 0.497 e. The van der Waals surface area contributed by atoms with E-state index in [4.69, 9.17) is 9.47 Å². The number of ether oxygens (including phenoxy) is 2. The second kappa shape index (κ2) is 11.4. The molecule has 2 fully saturated rings. The van der Waals surface area contributed by atoms with Crippen LogP contribution in [0, 0.1) is 17.2 Å². The second-order valence-corrected chi connectivity index (χ2v) is 12.0. The highest BCUT2D eigenvalue weighted by atomic mass is 19.1. The van der Waals surface area contributed by atoms with Gasteiger partial charge < -0.3 is 14.6 Å². The molecule has 3 aromatic carbocycles. The summed E-state index contributed by atoms with van der Waals surface area (Å²) in [6.45, 7) is 5.03. The van der Waals surface area contributed by atoms with Crippen molar-refractivity contribution in [3.05, 3.63) is 83.2 Å². The Labute approximate surface area is 231 Å². The van der Waals surface area contributed by atoms with Gasteiger partial charge in [-0.05, 0) is 101 Å². The molecule has 0 aliphatic heterocycles. The van der Waals surface area contributed by atoms with E-state index in [1.54, 1.807) is 19.2 Å². The van der Waals surface area contributed by atoms with Gasteiger partial charge in [0, 0.05) is 5.56 Å². The molecule has 3 aromatic rings. The molecule has 0 aromatic heterocycles. The first-order valence-corrected chi connectivity index (χ1v) is 14.2. The van der Waals surface area contributed by atoms with Gasteiger partial charge in [0.15, 0.2) is 0 Å². The average molecular weight is 531 g/mol. The van der Waals surface area contributed by atoms with E-state index < -0.39 is 5.97 Å². The second-order valence-electron chi connectivity index (χ2n) is 12.0. The van der Waals surface area contributed by atoms with Crippen molar-refractivity contribution in [1.29, 1.82) is 0 Å². The minimum atomic E-state index is -0.760. The van der Waals surface area contributed by atoms with E-state index in [0.717, 1.165) is 53.7 Å². The van der Waals surface area contributed by atoms with Crippen LogP contribution < -0.4 is 9.47 Å². The fraction of sp³-hybridized carbons (Fsp3) is 0.441. The third-order valence-electron chi connectivity index (χ3n) is 8.74. The van der Waals surface area contributed by atoms with Crippen LogP contribution >= 0.6 is 0 Å². The maximum atomic E-state index is 15.1. The third-order valence-corrected chi connectivity index (χ3v) is 8.74. The van der Waals surface area contributed by atoms with E-state index in [-0.39, 0.29) is 23.6 Å². The van der Waals surface area contributed by atoms with E-state index in [1.165, 1.54) is 18.9 Å². The molecule has 0 spiro atoms. The molecule has 4 nitrogen and oxygen atoms in total. The van der Waals surface area contributed by atoms with Crippen LogP contribution in [0.3, 0.4) is 0 Å². The third kappa shape index (κ3) is 6.29. The molecular formula is C34H39FO4. The number of carbonyl (C=O) groups is 1. The first-order chi connectivity index (χ1) is 18.7. The van der Waals surface area contributed by atoms with Crippen molar-refractivity contribution in [1.82, 2.24) is 0 Å². The number of carboxylic acids is 1. The van der Waals surface area contributed by atoms with Gasteiger partial charge in [-0.2, -0.15) is 0 Å². The van der Waals surface area contributed by atoms with Crippen LogP contribution in [-0.2, 0) is 11.4 Å². The molecule has 0 bridgehead atoms. The Kier molecular flexibility index (Phi) is 7.97. The highest BCUT2D eigenvalue weighted by molar-refractivity contribution is 5.71. The summed E-state index contributed by atoms with van der Waals surface area (Å²) < 4.78 is 26.8. The van der Waals surface area contributed by atoms with E-state index >= 15 is 4.39 Å². The lowest BCUT2D eigenvalue weighted by atomic mass is 9.65. The molecule has 0 unspecified atom stereocenters. The number of carboxylic acid groups (broad SMARTS) is 1. The van der Waals surface area contributed by atoms with Crippen molar-refractivity contribution in [3.8, 4) is 22.6 Å². The average Bonchev–Trinajstić information content (AvgIpc) is 3.76. The predicted octanol–water partition coefficient (Wildman–Crippen LogP) is 8.73. The Morgan fingerprint density at radius 1 is 1.00 bits per heavy atom. The first kappa shape index (κ1) is 27.2. The molecule has 5 rings (SSSR count). The number of hydrogen-bond acceptors (Lipinski definition) is 3. The van der Waals surface area contributed by atoms with Crippen molar-refractivity contribution in [3.63, 3.8) is 0 Å². The Morgan fingerprint density at radius 2 is 1.82 bits per heavy atom. The molecule has 1 N–H and O–H groups in total. The molecule has 206 valence electrons. The van der Waals surface area contributed by atoms with Gasteiger partial charge in [0.25, 0.3) is 0 Å². The fourth-order valence-electron chi connectivity index (χ4n) is 6.39. The lowest BCUT2D eigenvalue weighted by Gasteiger charge is -2.40. The molecule has 2 aliphatic rings. The number of halogens is 1. The lowest BCUT2D eigenvalue weighted by Crippen LogP contribution is -2.26. The molecule has 5 heteroatoms. The maximum absolute atomic E-state index is 15.1. The van der Waals surface area contributed by atoms with E-state index in [2.05, 4.69) is 19.9 Å². The monoisotopic (exact) mass is 530 g/mol. The van der Waals surface area contributed by atoms with Crippen molar-refractivity contribution < 1.29 is 23.8 Å². The summed E-state index contributed by atoms with van der Waals surface area (Å²) >= 11 is 0. The molecule has 0 saturated heterocycles. The molecule has 0 heterocycles. The summed E-state index contributed by atoms with van der Waals surface area (Å²) in [5.41, 5.74) is 4.82. The molecule has 2 aliphatic carbocycles. The minimum Gasteiger partial charge on any atom is -0.497 e. The standard InChI is InChI=1S/C34H39FO4/c1-34(2)16-5-4-9-31(34)29-17-22(10-14-27(29)30-19-25(38-3)13-15-32(30)35)21-39-26-8-6-7-24(18-26)28(20-33(36)37)23-11-12-23/h6-8,10,13-15,17-19,23,28,31H,4-5,9,11-12,16,20-21H2,1-3H3,(H,36,37)/t28-,31-/m1/s1. The maximum Gasteiger partial charge on any atom is 0.303 e. The van der Waals surface area contributed by atoms with Crippen LogP contribution in [0.4, 0.5) is 4.39 Å². The molecular weight excluding hydrogens is 491 g/mol. The highest BCUT2D eigenvalue weighted by Gasteiger charge is 2.35. The zero-order chi connectivity index (χ0) is 27.6. The number of hydrogen-bond donors (Lipinski definition) is 1. The zero-order valence-corrected chi connectivity index (χ0v) is 23.2. The Morgan fingerprint density at radius 3 is 2.54 bits per heavy atom.